The Morgan fingerprint density at radius 2 is 1.90 bits per heavy atom. The van der Waals surface area contributed by atoms with Crippen molar-refractivity contribution in [1.82, 2.24) is 15.5 Å². The lowest BCUT2D eigenvalue weighted by Gasteiger charge is -2.29. The van der Waals surface area contributed by atoms with E-state index in [-0.39, 0.29) is 24.1 Å². The zero-order valence-corrected chi connectivity index (χ0v) is 16.7. The lowest BCUT2D eigenvalue weighted by molar-refractivity contribution is -0.136. The number of fused-ring (bicyclic) bond motifs is 2. The summed E-state index contributed by atoms with van der Waals surface area (Å²) >= 11 is 0. The van der Waals surface area contributed by atoms with Gasteiger partial charge in [-0.2, -0.15) is 0 Å². The average Bonchev–Trinajstić information content (AvgIpc) is 3.08. The Balaban J connectivity index is 1.27. The number of piperidine rings is 1. The third-order valence-corrected chi connectivity index (χ3v) is 6.18. The number of rotatable bonds is 4. The van der Waals surface area contributed by atoms with Crippen LogP contribution in [0.25, 0.3) is 0 Å². The molecule has 2 aromatic carbocycles. The van der Waals surface area contributed by atoms with Crippen molar-refractivity contribution in [2.24, 2.45) is 0 Å². The van der Waals surface area contributed by atoms with Crippen LogP contribution < -0.4 is 16.0 Å². The van der Waals surface area contributed by atoms with Crippen LogP contribution in [-0.4, -0.2) is 35.2 Å². The van der Waals surface area contributed by atoms with Crippen molar-refractivity contribution in [2.45, 2.75) is 44.9 Å². The first-order valence-corrected chi connectivity index (χ1v) is 10.4. The number of hydrogen-bond acceptors (Lipinski definition) is 5. The van der Waals surface area contributed by atoms with E-state index in [1.54, 1.807) is 4.90 Å². The fourth-order valence-electron chi connectivity index (χ4n) is 4.53. The van der Waals surface area contributed by atoms with Crippen molar-refractivity contribution >= 4 is 23.4 Å². The van der Waals surface area contributed by atoms with Crippen molar-refractivity contribution < 1.29 is 14.4 Å². The molecule has 0 saturated carbocycles. The van der Waals surface area contributed by atoms with Crippen molar-refractivity contribution in [3.8, 4) is 0 Å². The van der Waals surface area contributed by atoms with Crippen LogP contribution in [0.2, 0.25) is 0 Å². The SMILES string of the molecule is O=C1CCC(N2Cc3cc(CNc4ccc5c(c4)CNCC5)ccc3C2=O)C(=O)N1. The molecule has 0 spiro atoms. The van der Waals surface area contributed by atoms with E-state index in [0.29, 0.717) is 25.1 Å². The van der Waals surface area contributed by atoms with Gasteiger partial charge in [0.25, 0.3) is 5.91 Å². The predicted molar refractivity (Wildman–Crippen MR) is 112 cm³/mol. The van der Waals surface area contributed by atoms with Crippen LogP contribution >= 0.6 is 0 Å². The fourth-order valence-corrected chi connectivity index (χ4v) is 4.53. The third-order valence-electron chi connectivity index (χ3n) is 6.18. The number of amides is 3. The zero-order valence-electron chi connectivity index (χ0n) is 16.7. The summed E-state index contributed by atoms with van der Waals surface area (Å²) in [5.74, 6) is -0.788. The fraction of sp³-hybridized carbons (Fsp3) is 0.348. The summed E-state index contributed by atoms with van der Waals surface area (Å²) < 4.78 is 0. The lowest BCUT2D eigenvalue weighted by atomic mass is 10.0. The minimum atomic E-state index is -0.576. The quantitative estimate of drug-likeness (QED) is 0.675. The Bertz CT molecular complexity index is 1050. The van der Waals surface area contributed by atoms with Gasteiger partial charge in [-0.1, -0.05) is 18.2 Å². The van der Waals surface area contributed by atoms with Crippen LogP contribution in [0, 0.1) is 0 Å². The van der Waals surface area contributed by atoms with Gasteiger partial charge < -0.3 is 15.5 Å². The normalized spacial score (nSPS) is 20.6. The highest BCUT2D eigenvalue weighted by molar-refractivity contribution is 6.05. The summed E-state index contributed by atoms with van der Waals surface area (Å²) in [5.41, 5.74) is 6.48. The molecule has 1 atom stereocenters. The maximum Gasteiger partial charge on any atom is 0.255 e. The van der Waals surface area contributed by atoms with E-state index in [9.17, 15) is 14.4 Å². The van der Waals surface area contributed by atoms with E-state index >= 15 is 0 Å². The van der Waals surface area contributed by atoms with Gasteiger partial charge in [-0.05, 0) is 59.8 Å². The van der Waals surface area contributed by atoms with E-state index < -0.39 is 6.04 Å². The van der Waals surface area contributed by atoms with Crippen LogP contribution in [0.15, 0.2) is 36.4 Å². The first-order chi connectivity index (χ1) is 14.6. The third kappa shape index (κ3) is 3.45. The van der Waals surface area contributed by atoms with Crippen LogP contribution in [0.3, 0.4) is 0 Å². The van der Waals surface area contributed by atoms with E-state index in [1.807, 2.05) is 18.2 Å². The molecule has 0 radical (unpaired) electrons. The summed E-state index contributed by atoms with van der Waals surface area (Å²) in [6.07, 6.45) is 1.71. The maximum absolute atomic E-state index is 12.8. The molecule has 7 nitrogen and oxygen atoms in total. The Hall–Kier alpha value is -3.19. The molecule has 3 aliphatic heterocycles. The van der Waals surface area contributed by atoms with Gasteiger partial charge in [-0.3, -0.25) is 19.7 Å². The molecule has 0 aliphatic carbocycles. The summed E-state index contributed by atoms with van der Waals surface area (Å²) in [5, 5.41) is 9.21. The maximum atomic E-state index is 12.8. The Labute approximate surface area is 174 Å². The zero-order chi connectivity index (χ0) is 20.7. The van der Waals surface area contributed by atoms with Crippen molar-refractivity contribution in [2.75, 3.05) is 11.9 Å². The molecular weight excluding hydrogens is 380 g/mol. The number of hydrogen-bond donors (Lipinski definition) is 3. The van der Waals surface area contributed by atoms with Gasteiger partial charge in [0, 0.05) is 37.3 Å². The second-order valence-corrected chi connectivity index (χ2v) is 8.16. The molecule has 5 rings (SSSR count). The molecule has 154 valence electrons. The number of nitrogens with one attached hydrogen (secondary N) is 3. The number of carbonyl (C=O) groups is 3. The molecular formula is C23H24N4O3. The molecule has 1 saturated heterocycles. The standard InChI is InChI=1S/C23H24N4O3/c28-21-6-5-20(22(29)26-21)27-13-17-9-14(1-4-19(17)23(27)30)11-25-18-3-2-15-7-8-24-12-16(15)10-18/h1-4,9-10,20,24-25H,5-8,11-13H2,(H,26,28,29). The highest BCUT2D eigenvalue weighted by atomic mass is 16.2. The van der Waals surface area contributed by atoms with Gasteiger partial charge in [0.2, 0.25) is 11.8 Å². The second-order valence-electron chi connectivity index (χ2n) is 8.16. The van der Waals surface area contributed by atoms with Gasteiger partial charge in [0.1, 0.15) is 6.04 Å². The minimum Gasteiger partial charge on any atom is -0.381 e. The van der Waals surface area contributed by atoms with Crippen LogP contribution in [0.1, 0.15) is 45.5 Å². The van der Waals surface area contributed by atoms with Gasteiger partial charge in [-0.15, -0.1) is 0 Å². The molecule has 3 N–H and O–H groups in total. The predicted octanol–water partition coefficient (Wildman–Crippen LogP) is 1.71. The lowest BCUT2D eigenvalue weighted by Crippen LogP contribution is -2.52. The molecule has 1 fully saturated rings. The number of benzene rings is 2. The Kier molecular flexibility index (Phi) is 4.75. The molecule has 3 aliphatic rings. The van der Waals surface area contributed by atoms with Crippen LogP contribution in [0.4, 0.5) is 5.69 Å². The smallest absolute Gasteiger partial charge is 0.255 e. The molecule has 3 amide bonds. The monoisotopic (exact) mass is 404 g/mol. The average molecular weight is 404 g/mol. The summed E-state index contributed by atoms with van der Waals surface area (Å²) in [6.45, 7) is 3.00. The van der Waals surface area contributed by atoms with Gasteiger partial charge in [0.15, 0.2) is 0 Å². The van der Waals surface area contributed by atoms with Crippen LogP contribution in [-0.2, 0) is 35.6 Å². The summed E-state index contributed by atoms with van der Waals surface area (Å²) in [4.78, 5) is 38.0. The molecule has 2 aromatic rings. The Morgan fingerprint density at radius 1 is 1.00 bits per heavy atom. The number of imide groups is 1. The van der Waals surface area contributed by atoms with Gasteiger partial charge >= 0.3 is 0 Å². The minimum absolute atomic E-state index is 0.138. The van der Waals surface area contributed by atoms with Gasteiger partial charge in [-0.25, -0.2) is 0 Å². The molecule has 0 bridgehead atoms. The van der Waals surface area contributed by atoms with E-state index in [0.717, 1.165) is 36.3 Å². The van der Waals surface area contributed by atoms with E-state index in [4.69, 9.17) is 0 Å². The number of anilines is 1. The number of carbonyl (C=O) groups excluding carboxylic acids is 3. The summed E-state index contributed by atoms with van der Waals surface area (Å²) in [6, 6.07) is 11.8. The second kappa shape index (κ2) is 7.57. The Morgan fingerprint density at radius 3 is 2.77 bits per heavy atom. The summed E-state index contributed by atoms with van der Waals surface area (Å²) in [7, 11) is 0. The van der Waals surface area contributed by atoms with Crippen molar-refractivity contribution in [3.05, 3.63) is 64.2 Å². The highest BCUT2D eigenvalue weighted by Gasteiger charge is 2.39. The largest absolute Gasteiger partial charge is 0.381 e. The van der Waals surface area contributed by atoms with E-state index in [2.05, 4.69) is 34.1 Å². The molecule has 3 heterocycles. The van der Waals surface area contributed by atoms with Crippen molar-refractivity contribution in [3.63, 3.8) is 0 Å². The van der Waals surface area contributed by atoms with Crippen LogP contribution in [0.5, 0.6) is 0 Å². The van der Waals surface area contributed by atoms with Gasteiger partial charge in [0.05, 0.1) is 0 Å². The van der Waals surface area contributed by atoms with Crippen molar-refractivity contribution in [1.29, 1.82) is 0 Å². The number of nitrogens with zero attached hydrogens (tertiary/aromatic N) is 1. The first kappa shape index (κ1) is 18.8. The van der Waals surface area contributed by atoms with E-state index in [1.165, 1.54) is 11.1 Å². The molecule has 30 heavy (non-hydrogen) atoms. The molecule has 7 heteroatoms. The molecule has 0 aromatic heterocycles. The highest BCUT2D eigenvalue weighted by Crippen LogP contribution is 2.28. The molecule has 1 unspecified atom stereocenters. The first-order valence-electron chi connectivity index (χ1n) is 10.4. The topological polar surface area (TPSA) is 90.5 Å².